The van der Waals surface area contributed by atoms with Crippen LogP contribution in [0.3, 0.4) is 0 Å². The number of halogens is 2. The zero-order chi connectivity index (χ0) is 22.3. The number of amides is 3. The first-order chi connectivity index (χ1) is 14.8. The third-order valence-corrected chi connectivity index (χ3v) is 5.52. The smallest absolute Gasteiger partial charge is 0.387 e. The van der Waals surface area contributed by atoms with Gasteiger partial charge in [0.05, 0.1) is 11.3 Å². The SMILES string of the molecule is CC(C)N1C(=O)c2ccccc2N2C(=O)CC[C@@]21C(=O)Nc1ccc(OC(F)F)cc1. The number of hydrogen-bond acceptors (Lipinski definition) is 4. The van der Waals surface area contributed by atoms with E-state index in [1.165, 1.54) is 34.1 Å². The average Bonchev–Trinajstić information content (AvgIpc) is 3.07. The zero-order valence-electron chi connectivity index (χ0n) is 17.0. The van der Waals surface area contributed by atoms with Crippen molar-refractivity contribution in [3.05, 3.63) is 54.1 Å². The summed E-state index contributed by atoms with van der Waals surface area (Å²) >= 11 is 0. The number of ether oxygens (including phenoxy) is 1. The largest absolute Gasteiger partial charge is 0.435 e. The number of nitrogens with zero attached hydrogens (tertiary/aromatic N) is 2. The van der Waals surface area contributed by atoms with Crippen LogP contribution < -0.4 is 15.0 Å². The number of carbonyl (C=O) groups excluding carboxylic acids is 3. The number of alkyl halides is 2. The van der Waals surface area contributed by atoms with Gasteiger partial charge >= 0.3 is 6.61 Å². The van der Waals surface area contributed by atoms with E-state index < -0.39 is 18.2 Å². The molecule has 2 aliphatic heterocycles. The van der Waals surface area contributed by atoms with Gasteiger partial charge in [-0.15, -0.1) is 0 Å². The summed E-state index contributed by atoms with van der Waals surface area (Å²) in [6.45, 7) is 0.627. The van der Waals surface area contributed by atoms with Crippen LogP contribution in [0.2, 0.25) is 0 Å². The van der Waals surface area contributed by atoms with Crippen molar-refractivity contribution in [1.29, 1.82) is 0 Å². The average molecular weight is 429 g/mol. The highest BCUT2D eigenvalue weighted by atomic mass is 19.3. The van der Waals surface area contributed by atoms with Crippen LogP contribution in [-0.4, -0.2) is 40.9 Å². The summed E-state index contributed by atoms with van der Waals surface area (Å²) in [5.74, 6) is -1.17. The molecule has 2 aromatic rings. The minimum absolute atomic E-state index is 0.0468. The maximum Gasteiger partial charge on any atom is 0.387 e. The molecule has 0 aromatic heterocycles. The van der Waals surface area contributed by atoms with Gasteiger partial charge in [0, 0.05) is 24.6 Å². The van der Waals surface area contributed by atoms with Gasteiger partial charge in [0.1, 0.15) is 5.75 Å². The summed E-state index contributed by atoms with van der Waals surface area (Å²) in [6.07, 6.45) is 0.252. The van der Waals surface area contributed by atoms with Crippen molar-refractivity contribution in [3.8, 4) is 5.75 Å². The molecule has 162 valence electrons. The summed E-state index contributed by atoms with van der Waals surface area (Å²) < 4.78 is 29.1. The highest BCUT2D eigenvalue weighted by Gasteiger charge is 2.61. The van der Waals surface area contributed by atoms with Crippen molar-refractivity contribution in [2.75, 3.05) is 10.2 Å². The van der Waals surface area contributed by atoms with Gasteiger partial charge in [-0.25, -0.2) is 0 Å². The second kappa shape index (κ2) is 7.64. The summed E-state index contributed by atoms with van der Waals surface area (Å²) in [5.41, 5.74) is -0.420. The van der Waals surface area contributed by atoms with Crippen LogP contribution in [0.1, 0.15) is 37.0 Å². The van der Waals surface area contributed by atoms with Crippen molar-refractivity contribution in [2.45, 2.75) is 45.0 Å². The van der Waals surface area contributed by atoms with Gasteiger partial charge in [0.25, 0.3) is 11.8 Å². The molecule has 1 N–H and O–H groups in total. The van der Waals surface area contributed by atoms with Crippen LogP contribution in [0.4, 0.5) is 20.2 Å². The van der Waals surface area contributed by atoms with E-state index in [2.05, 4.69) is 10.1 Å². The second-order valence-corrected chi connectivity index (χ2v) is 7.69. The van der Waals surface area contributed by atoms with E-state index >= 15 is 0 Å². The molecule has 31 heavy (non-hydrogen) atoms. The number of nitrogens with one attached hydrogen (secondary N) is 1. The normalized spacial score (nSPS) is 20.2. The van der Waals surface area contributed by atoms with Crippen LogP contribution in [0.15, 0.2) is 48.5 Å². The Hall–Kier alpha value is -3.49. The van der Waals surface area contributed by atoms with Crippen molar-refractivity contribution in [3.63, 3.8) is 0 Å². The lowest BCUT2D eigenvalue weighted by atomic mass is 9.94. The lowest BCUT2D eigenvalue weighted by Crippen LogP contribution is -2.70. The Morgan fingerprint density at radius 1 is 1.10 bits per heavy atom. The summed E-state index contributed by atoms with van der Waals surface area (Å²) in [5, 5.41) is 2.74. The highest BCUT2D eigenvalue weighted by molar-refractivity contribution is 6.18. The van der Waals surface area contributed by atoms with Crippen LogP contribution in [0.25, 0.3) is 0 Å². The van der Waals surface area contributed by atoms with Crippen molar-refractivity contribution >= 4 is 29.1 Å². The van der Waals surface area contributed by atoms with Crippen molar-refractivity contribution in [2.24, 2.45) is 0 Å². The van der Waals surface area contributed by atoms with E-state index in [4.69, 9.17) is 0 Å². The summed E-state index contributed by atoms with van der Waals surface area (Å²) in [6, 6.07) is 11.8. The third-order valence-electron chi connectivity index (χ3n) is 5.52. The van der Waals surface area contributed by atoms with Crippen molar-refractivity contribution < 1.29 is 27.9 Å². The Kier molecular flexibility index (Phi) is 5.12. The number of anilines is 2. The van der Waals surface area contributed by atoms with E-state index in [0.717, 1.165) is 0 Å². The molecule has 0 bridgehead atoms. The van der Waals surface area contributed by atoms with Gasteiger partial charge in [-0.1, -0.05) is 12.1 Å². The van der Waals surface area contributed by atoms with E-state index in [1.54, 1.807) is 38.1 Å². The first-order valence-corrected chi connectivity index (χ1v) is 9.88. The molecule has 0 unspecified atom stereocenters. The van der Waals surface area contributed by atoms with Gasteiger partial charge in [-0.2, -0.15) is 8.78 Å². The van der Waals surface area contributed by atoms with Gasteiger partial charge in [-0.05, 0) is 50.2 Å². The molecule has 2 aliphatic rings. The number of benzene rings is 2. The molecule has 9 heteroatoms. The van der Waals surface area contributed by atoms with E-state index in [1.807, 2.05) is 0 Å². The fourth-order valence-electron chi connectivity index (χ4n) is 4.36. The molecule has 0 saturated carbocycles. The Morgan fingerprint density at radius 2 is 1.77 bits per heavy atom. The van der Waals surface area contributed by atoms with Gasteiger partial charge in [0.15, 0.2) is 0 Å². The number of carbonyl (C=O) groups is 3. The Balaban J connectivity index is 1.74. The zero-order valence-corrected chi connectivity index (χ0v) is 17.0. The van der Waals surface area contributed by atoms with Gasteiger partial charge in [-0.3, -0.25) is 19.3 Å². The molecule has 0 radical (unpaired) electrons. The van der Waals surface area contributed by atoms with Gasteiger partial charge in [0.2, 0.25) is 11.6 Å². The second-order valence-electron chi connectivity index (χ2n) is 7.69. The standard InChI is InChI=1S/C22H21F2N3O4/c1-13(2)26-19(29)16-5-3-4-6-17(16)27-18(28)11-12-22(26,27)20(30)25-14-7-9-15(10-8-14)31-21(23)24/h3-10,13,21H,11-12H2,1-2H3,(H,25,30)/t22-/m0/s1. The third kappa shape index (κ3) is 3.30. The van der Waals surface area contributed by atoms with Crippen LogP contribution in [0, 0.1) is 0 Å². The summed E-state index contributed by atoms with van der Waals surface area (Å²) in [7, 11) is 0. The van der Waals surface area contributed by atoms with Crippen LogP contribution in [-0.2, 0) is 9.59 Å². The fourth-order valence-corrected chi connectivity index (χ4v) is 4.36. The Morgan fingerprint density at radius 3 is 2.42 bits per heavy atom. The minimum atomic E-state index is -2.95. The predicted octanol–water partition coefficient (Wildman–Crippen LogP) is 3.61. The number of rotatable bonds is 5. The molecular formula is C22H21F2N3O4. The quantitative estimate of drug-likeness (QED) is 0.788. The maximum absolute atomic E-state index is 13.6. The number of fused-ring (bicyclic) bond motifs is 3. The molecular weight excluding hydrogens is 408 g/mol. The molecule has 1 atom stereocenters. The lowest BCUT2D eigenvalue weighted by Gasteiger charge is -2.50. The molecule has 3 amide bonds. The molecule has 1 fully saturated rings. The molecule has 4 rings (SSSR count). The topological polar surface area (TPSA) is 79.0 Å². The molecule has 2 aromatic carbocycles. The Bertz CT molecular complexity index is 1040. The molecule has 0 spiro atoms. The van der Waals surface area contributed by atoms with E-state index in [-0.39, 0.29) is 36.4 Å². The monoisotopic (exact) mass is 429 g/mol. The molecule has 0 aliphatic carbocycles. The first-order valence-electron chi connectivity index (χ1n) is 9.88. The van der Waals surface area contributed by atoms with Gasteiger partial charge < -0.3 is 15.0 Å². The molecule has 2 heterocycles. The lowest BCUT2D eigenvalue weighted by molar-refractivity contribution is -0.129. The van der Waals surface area contributed by atoms with Crippen molar-refractivity contribution in [1.82, 2.24) is 4.90 Å². The predicted molar refractivity (Wildman–Crippen MR) is 109 cm³/mol. The molecule has 1 saturated heterocycles. The summed E-state index contributed by atoms with van der Waals surface area (Å²) in [4.78, 5) is 42.7. The van der Waals surface area contributed by atoms with E-state index in [0.29, 0.717) is 16.9 Å². The van der Waals surface area contributed by atoms with Crippen LogP contribution >= 0.6 is 0 Å². The number of hydrogen-bond donors (Lipinski definition) is 1. The molecule has 7 nitrogen and oxygen atoms in total. The maximum atomic E-state index is 13.6. The van der Waals surface area contributed by atoms with E-state index in [9.17, 15) is 23.2 Å². The first kappa shape index (κ1) is 20.8. The highest BCUT2D eigenvalue weighted by Crippen LogP contribution is 2.45. The Labute approximate surface area is 177 Å². The number of para-hydroxylation sites is 1. The minimum Gasteiger partial charge on any atom is -0.435 e. The van der Waals surface area contributed by atoms with Crippen LogP contribution in [0.5, 0.6) is 5.75 Å². The fraction of sp³-hybridized carbons (Fsp3) is 0.318.